The molecular weight excluding hydrogens is 386 g/mol. The number of aromatic amines is 1. The van der Waals surface area contributed by atoms with Gasteiger partial charge in [0.25, 0.3) is 0 Å². The highest BCUT2D eigenvalue weighted by atomic mass is 16.3. The summed E-state index contributed by atoms with van der Waals surface area (Å²) in [4.78, 5) is 22.5. The van der Waals surface area contributed by atoms with Crippen molar-refractivity contribution in [2.75, 3.05) is 20.6 Å². The molecule has 1 fully saturated rings. The van der Waals surface area contributed by atoms with Gasteiger partial charge in [0.05, 0.1) is 17.3 Å². The molecular formula is C26H31N3O2. The first-order valence-electron chi connectivity index (χ1n) is 11.1. The summed E-state index contributed by atoms with van der Waals surface area (Å²) in [6.45, 7) is 2.69. The highest BCUT2D eigenvalue weighted by molar-refractivity contribution is 6.21. The number of carbonyl (C=O) groups is 1. The van der Waals surface area contributed by atoms with Crippen molar-refractivity contribution < 1.29 is 9.90 Å². The second-order valence-corrected chi connectivity index (χ2v) is 8.95. The Hall–Kier alpha value is -2.92. The fraction of sp³-hybridized carbons (Fsp3) is 0.385. The molecule has 4 rings (SSSR count). The molecule has 1 aliphatic rings. The number of Topliss-reactive ketones (excluding diaryl/α,β-unsaturated/α-hetero) is 1. The van der Waals surface area contributed by atoms with Gasteiger partial charge in [0, 0.05) is 28.6 Å². The van der Waals surface area contributed by atoms with Gasteiger partial charge >= 0.3 is 0 Å². The summed E-state index contributed by atoms with van der Waals surface area (Å²) in [6.07, 6.45) is 4.44. The molecule has 0 unspecified atom stereocenters. The van der Waals surface area contributed by atoms with E-state index in [0.29, 0.717) is 11.1 Å². The Labute approximate surface area is 183 Å². The van der Waals surface area contributed by atoms with Gasteiger partial charge in [-0.3, -0.25) is 9.79 Å². The minimum Gasteiger partial charge on any atom is -0.494 e. The minimum atomic E-state index is 0.00551. The van der Waals surface area contributed by atoms with Crippen LogP contribution in [0.25, 0.3) is 10.9 Å². The van der Waals surface area contributed by atoms with Crippen LogP contribution < -0.4 is 0 Å². The molecule has 0 aliphatic heterocycles. The Morgan fingerprint density at radius 2 is 1.77 bits per heavy atom. The Balaban J connectivity index is 1.75. The topological polar surface area (TPSA) is 68.7 Å². The van der Waals surface area contributed by atoms with Crippen LogP contribution in [0.5, 0.6) is 5.88 Å². The maximum absolute atomic E-state index is 12.0. The van der Waals surface area contributed by atoms with Crippen molar-refractivity contribution >= 4 is 22.4 Å². The van der Waals surface area contributed by atoms with E-state index in [1.807, 2.05) is 42.5 Å². The number of nitrogens with zero attached hydrogens (tertiary/aromatic N) is 2. The van der Waals surface area contributed by atoms with Crippen LogP contribution >= 0.6 is 0 Å². The lowest BCUT2D eigenvalue weighted by Gasteiger charge is -2.29. The molecule has 1 saturated carbocycles. The van der Waals surface area contributed by atoms with E-state index in [1.165, 1.54) is 12.8 Å². The summed E-state index contributed by atoms with van der Waals surface area (Å²) < 4.78 is 0. The number of aromatic hydroxyl groups is 1. The highest BCUT2D eigenvalue weighted by Crippen LogP contribution is 2.33. The smallest absolute Gasteiger partial charge is 0.199 e. The van der Waals surface area contributed by atoms with Crippen LogP contribution in [-0.4, -0.2) is 53.2 Å². The van der Waals surface area contributed by atoms with E-state index in [9.17, 15) is 9.90 Å². The average Bonchev–Trinajstić information content (AvgIpc) is 3.08. The van der Waals surface area contributed by atoms with Gasteiger partial charge in [0.2, 0.25) is 0 Å². The second-order valence-electron chi connectivity index (χ2n) is 8.95. The lowest BCUT2D eigenvalue weighted by atomic mass is 9.85. The maximum atomic E-state index is 12.0. The average molecular weight is 418 g/mol. The third-order valence-electron chi connectivity index (χ3n) is 6.22. The number of benzene rings is 2. The largest absolute Gasteiger partial charge is 0.494 e. The summed E-state index contributed by atoms with van der Waals surface area (Å²) >= 11 is 0. The maximum Gasteiger partial charge on any atom is 0.199 e. The van der Waals surface area contributed by atoms with Gasteiger partial charge in [-0.05, 0) is 70.8 Å². The predicted octanol–water partition coefficient (Wildman–Crippen LogP) is 5.03. The Kier molecular flexibility index (Phi) is 6.23. The van der Waals surface area contributed by atoms with Gasteiger partial charge < -0.3 is 15.0 Å². The molecule has 0 amide bonds. The van der Waals surface area contributed by atoms with Crippen LogP contribution in [0.2, 0.25) is 0 Å². The van der Waals surface area contributed by atoms with E-state index in [4.69, 9.17) is 4.99 Å². The molecule has 5 nitrogen and oxygen atoms in total. The fourth-order valence-corrected chi connectivity index (χ4v) is 4.67. The van der Waals surface area contributed by atoms with E-state index in [1.54, 1.807) is 13.0 Å². The Morgan fingerprint density at radius 1 is 1.06 bits per heavy atom. The highest BCUT2D eigenvalue weighted by Gasteiger charge is 2.24. The summed E-state index contributed by atoms with van der Waals surface area (Å²) in [7, 11) is 4.26. The number of aromatic nitrogens is 1. The molecule has 3 aromatic rings. The summed E-state index contributed by atoms with van der Waals surface area (Å²) in [5, 5.41) is 11.7. The monoisotopic (exact) mass is 417 g/mol. The summed E-state index contributed by atoms with van der Waals surface area (Å²) in [5.41, 5.74) is 3.88. The number of nitrogens with one attached hydrogen (secondary N) is 1. The van der Waals surface area contributed by atoms with E-state index in [2.05, 4.69) is 24.0 Å². The van der Waals surface area contributed by atoms with Gasteiger partial charge in [-0.15, -0.1) is 0 Å². The van der Waals surface area contributed by atoms with Crippen LogP contribution in [0.15, 0.2) is 53.5 Å². The zero-order valence-electron chi connectivity index (χ0n) is 18.6. The van der Waals surface area contributed by atoms with Crippen LogP contribution in [0.1, 0.15) is 54.1 Å². The zero-order chi connectivity index (χ0) is 22.0. The SMILES string of the molecule is CC(=O)c1ccc2[nH]c(O)c(C(=NC3CCC(CN(C)C)CC3)c3ccccc3)c2c1. The molecule has 0 bridgehead atoms. The number of rotatable bonds is 6. The van der Waals surface area contributed by atoms with Crippen molar-refractivity contribution in [1.82, 2.24) is 9.88 Å². The molecule has 1 heterocycles. The van der Waals surface area contributed by atoms with Crippen molar-refractivity contribution in [3.63, 3.8) is 0 Å². The zero-order valence-corrected chi connectivity index (χ0v) is 18.6. The quantitative estimate of drug-likeness (QED) is 0.436. The van der Waals surface area contributed by atoms with Crippen LogP contribution in [-0.2, 0) is 0 Å². The second kappa shape index (κ2) is 9.06. The first-order valence-corrected chi connectivity index (χ1v) is 11.1. The van der Waals surface area contributed by atoms with E-state index >= 15 is 0 Å². The van der Waals surface area contributed by atoms with E-state index in [-0.39, 0.29) is 17.7 Å². The molecule has 0 spiro atoms. The first kappa shape index (κ1) is 21.3. The molecule has 0 atom stereocenters. The Morgan fingerprint density at radius 3 is 2.42 bits per heavy atom. The Bertz CT molecular complexity index is 1090. The van der Waals surface area contributed by atoms with Crippen molar-refractivity contribution in [1.29, 1.82) is 0 Å². The van der Waals surface area contributed by atoms with E-state index < -0.39 is 0 Å². The number of carbonyl (C=O) groups excluding carboxylic acids is 1. The van der Waals surface area contributed by atoms with Crippen molar-refractivity contribution in [3.05, 3.63) is 65.2 Å². The van der Waals surface area contributed by atoms with Crippen LogP contribution in [0, 0.1) is 5.92 Å². The number of ketones is 1. The third kappa shape index (κ3) is 4.72. The standard InChI is InChI=1S/C26H31N3O2/c1-17(30)20-11-14-23-22(15-20)24(26(31)28-23)25(19-7-5-4-6-8-19)27-21-12-9-18(10-13-21)16-29(2)3/h4-8,11,14-15,18,21,28,31H,9-10,12-13,16H2,1-3H3. The van der Waals surface area contributed by atoms with Gasteiger partial charge in [0.15, 0.2) is 11.7 Å². The molecule has 0 saturated heterocycles. The number of hydrogen-bond donors (Lipinski definition) is 2. The van der Waals surface area contributed by atoms with Crippen LogP contribution in [0.4, 0.5) is 0 Å². The van der Waals surface area contributed by atoms with E-state index in [0.717, 1.165) is 47.5 Å². The number of hydrogen-bond acceptors (Lipinski definition) is 4. The summed E-state index contributed by atoms with van der Waals surface area (Å²) in [6, 6.07) is 15.8. The third-order valence-corrected chi connectivity index (χ3v) is 6.22. The van der Waals surface area contributed by atoms with Crippen molar-refractivity contribution in [2.24, 2.45) is 10.9 Å². The molecule has 1 aliphatic carbocycles. The number of fused-ring (bicyclic) bond motifs is 1. The first-order chi connectivity index (χ1) is 14.9. The number of H-pyrrole nitrogens is 1. The van der Waals surface area contributed by atoms with Gasteiger partial charge in [-0.25, -0.2) is 0 Å². The molecule has 1 aromatic heterocycles. The fourth-order valence-electron chi connectivity index (χ4n) is 4.67. The van der Waals surface area contributed by atoms with Crippen molar-refractivity contribution in [2.45, 2.75) is 38.6 Å². The van der Waals surface area contributed by atoms with Gasteiger partial charge in [-0.2, -0.15) is 0 Å². The van der Waals surface area contributed by atoms with Gasteiger partial charge in [-0.1, -0.05) is 30.3 Å². The summed E-state index contributed by atoms with van der Waals surface area (Å²) in [5.74, 6) is 0.826. The molecule has 162 valence electrons. The molecule has 31 heavy (non-hydrogen) atoms. The molecule has 2 aromatic carbocycles. The molecule has 0 radical (unpaired) electrons. The normalized spacial score (nSPS) is 19.8. The van der Waals surface area contributed by atoms with Crippen LogP contribution in [0.3, 0.4) is 0 Å². The van der Waals surface area contributed by atoms with Gasteiger partial charge in [0.1, 0.15) is 0 Å². The lowest BCUT2D eigenvalue weighted by molar-refractivity contribution is 0.101. The predicted molar refractivity (Wildman–Crippen MR) is 126 cm³/mol. The van der Waals surface area contributed by atoms with Crippen molar-refractivity contribution in [3.8, 4) is 5.88 Å². The lowest BCUT2D eigenvalue weighted by Crippen LogP contribution is -2.27. The molecule has 5 heteroatoms. The molecule has 2 N–H and O–H groups in total. The minimum absolute atomic E-state index is 0.00551. The number of aliphatic imine (C=N–C) groups is 1.